The first-order chi connectivity index (χ1) is 9.67. The Morgan fingerprint density at radius 1 is 1.25 bits per heavy atom. The lowest BCUT2D eigenvalue weighted by Crippen LogP contribution is -1.96. The summed E-state index contributed by atoms with van der Waals surface area (Å²) in [4.78, 5) is 0. The number of aromatic nitrogens is 1. The van der Waals surface area contributed by atoms with E-state index < -0.39 is 0 Å². The Labute approximate surface area is 119 Å². The molecule has 1 atom stereocenters. The van der Waals surface area contributed by atoms with Crippen LogP contribution >= 0.6 is 0 Å². The van der Waals surface area contributed by atoms with Crippen molar-refractivity contribution in [3.63, 3.8) is 0 Å². The van der Waals surface area contributed by atoms with E-state index >= 15 is 0 Å². The topological polar surface area (TPSA) is 61.3 Å². The van der Waals surface area contributed by atoms with Gasteiger partial charge < -0.3 is 15.0 Å². The van der Waals surface area contributed by atoms with Crippen LogP contribution in [-0.4, -0.2) is 11.8 Å². The Hall–Kier alpha value is -1.97. The van der Waals surface area contributed by atoms with E-state index in [4.69, 9.17) is 15.0 Å². The molecule has 0 aliphatic rings. The fraction of sp³-hybridized carbons (Fsp3) is 0.438. The van der Waals surface area contributed by atoms with Gasteiger partial charge in [-0.15, -0.1) is 0 Å². The van der Waals surface area contributed by atoms with Crippen LogP contribution in [0.3, 0.4) is 0 Å². The van der Waals surface area contributed by atoms with Crippen molar-refractivity contribution in [1.82, 2.24) is 5.16 Å². The largest absolute Gasteiger partial charge is 0.494 e. The third kappa shape index (κ3) is 2.95. The average molecular weight is 274 g/mol. The summed E-state index contributed by atoms with van der Waals surface area (Å²) in [6, 6.07) is 7.88. The number of nitrogens with zero attached hydrogens (tertiary/aromatic N) is 1. The van der Waals surface area contributed by atoms with Crippen molar-refractivity contribution in [3.05, 3.63) is 30.0 Å². The highest BCUT2D eigenvalue weighted by atomic mass is 16.5. The SMILES string of the molecule is CCCC(C)c1onc(N)c1-c1ccc(OCC)cc1. The van der Waals surface area contributed by atoms with E-state index in [1.807, 2.05) is 31.2 Å². The monoisotopic (exact) mass is 274 g/mol. The Bertz CT molecular complexity index is 546. The van der Waals surface area contributed by atoms with Crippen molar-refractivity contribution >= 4 is 5.82 Å². The predicted molar refractivity (Wildman–Crippen MR) is 80.8 cm³/mol. The molecule has 0 fully saturated rings. The van der Waals surface area contributed by atoms with Crippen LogP contribution in [0.1, 0.15) is 45.3 Å². The van der Waals surface area contributed by atoms with E-state index in [1.165, 1.54) is 0 Å². The summed E-state index contributed by atoms with van der Waals surface area (Å²) in [5, 5.41) is 3.93. The molecule has 1 aromatic carbocycles. The molecule has 0 aliphatic carbocycles. The zero-order valence-corrected chi connectivity index (χ0v) is 12.3. The van der Waals surface area contributed by atoms with Gasteiger partial charge >= 0.3 is 0 Å². The standard InChI is InChI=1S/C16H22N2O2/c1-4-6-11(3)15-14(16(17)18-20-15)12-7-9-13(10-8-12)19-5-2/h7-11H,4-6H2,1-3H3,(H2,17,18). The van der Waals surface area contributed by atoms with Gasteiger partial charge in [-0.25, -0.2) is 0 Å². The third-order valence-electron chi connectivity index (χ3n) is 3.37. The van der Waals surface area contributed by atoms with E-state index in [9.17, 15) is 0 Å². The Balaban J connectivity index is 2.34. The van der Waals surface area contributed by atoms with Crippen LogP contribution in [0.5, 0.6) is 5.75 Å². The summed E-state index contributed by atoms with van der Waals surface area (Å²) in [6.07, 6.45) is 2.16. The Kier molecular flexibility index (Phi) is 4.66. The average Bonchev–Trinajstić information content (AvgIpc) is 2.82. The van der Waals surface area contributed by atoms with Crippen LogP contribution in [0.4, 0.5) is 5.82 Å². The number of hydrogen-bond donors (Lipinski definition) is 1. The third-order valence-corrected chi connectivity index (χ3v) is 3.37. The molecule has 4 nitrogen and oxygen atoms in total. The van der Waals surface area contributed by atoms with Gasteiger partial charge in [-0.2, -0.15) is 0 Å². The molecular formula is C16H22N2O2. The summed E-state index contributed by atoms with van der Waals surface area (Å²) >= 11 is 0. The quantitative estimate of drug-likeness (QED) is 0.856. The highest BCUT2D eigenvalue weighted by Gasteiger charge is 2.20. The molecular weight excluding hydrogens is 252 g/mol. The fourth-order valence-corrected chi connectivity index (χ4v) is 2.39. The summed E-state index contributed by atoms with van der Waals surface area (Å²) in [7, 11) is 0. The summed E-state index contributed by atoms with van der Waals surface area (Å²) in [5.74, 6) is 2.49. The minimum absolute atomic E-state index is 0.311. The summed E-state index contributed by atoms with van der Waals surface area (Å²) in [5.41, 5.74) is 7.90. The lowest BCUT2D eigenvalue weighted by atomic mass is 9.96. The van der Waals surface area contributed by atoms with Crippen molar-refractivity contribution < 1.29 is 9.26 Å². The van der Waals surface area contributed by atoms with E-state index in [0.29, 0.717) is 18.3 Å². The number of hydrogen-bond acceptors (Lipinski definition) is 4. The molecule has 1 heterocycles. The van der Waals surface area contributed by atoms with E-state index in [0.717, 1.165) is 35.5 Å². The molecule has 0 spiro atoms. The highest BCUT2D eigenvalue weighted by Crippen LogP contribution is 2.36. The van der Waals surface area contributed by atoms with Crippen LogP contribution in [0.15, 0.2) is 28.8 Å². The molecule has 2 N–H and O–H groups in total. The molecule has 1 aromatic heterocycles. The number of nitrogens with two attached hydrogens (primary N) is 1. The lowest BCUT2D eigenvalue weighted by molar-refractivity contribution is 0.340. The molecule has 0 aliphatic heterocycles. The maximum atomic E-state index is 5.97. The van der Waals surface area contributed by atoms with Crippen molar-refractivity contribution in [3.8, 4) is 16.9 Å². The van der Waals surface area contributed by atoms with Gasteiger partial charge in [0.15, 0.2) is 5.82 Å². The lowest BCUT2D eigenvalue weighted by Gasteiger charge is -2.09. The van der Waals surface area contributed by atoms with Gasteiger partial charge in [0.1, 0.15) is 11.5 Å². The van der Waals surface area contributed by atoms with E-state index in [1.54, 1.807) is 0 Å². The molecule has 2 aromatic rings. The van der Waals surface area contributed by atoms with Crippen molar-refractivity contribution in [2.75, 3.05) is 12.3 Å². The highest BCUT2D eigenvalue weighted by molar-refractivity contribution is 5.76. The normalized spacial score (nSPS) is 12.3. The molecule has 0 saturated carbocycles. The van der Waals surface area contributed by atoms with Gasteiger partial charge in [0, 0.05) is 5.92 Å². The van der Waals surface area contributed by atoms with Crippen molar-refractivity contribution in [2.45, 2.75) is 39.5 Å². The maximum Gasteiger partial charge on any atom is 0.175 e. The zero-order chi connectivity index (χ0) is 14.5. The van der Waals surface area contributed by atoms with Gasteiger partial charge in [-0.1, -0.05) is 37.6 Å². The minimum atomic E-state index is 0.311. The van der Waals surface area contributed by atoms with Crippen LogP contribution in [0, 0.1) is 0 Å². The van der Waals surface area contributed by atoms with Gasteiger partial charge in [-0.3, -0.25) is 0 Å². The molecule has 4 heteroatoms. The number of rotatable bonds is 6. The van der Waals surface area contributed by atoms with Gasteiger partial charge in [0.25, 0.3) is 0 Å². The second-order valence-electron chi connectivity index (χ2n) is 4.95. The smallest absolute Gasteiger partial charge is 0.175 e. The van der Waals surface area contributed by atoms with Crippen LogP contribution in [0.25, 0.3) is 11.1 Å². The summed E-state index contributed by atoms with van der Waals surface area (Å²) in [6.45, 7) is 6.93. The Morgan fingerprint density at radius 2 is 1.95 bits per heavy atom. The molecule has 108 valence electrons. The molecule has 0 saturated heterocycles. The zero-order valence-electron chi connectivity index (χ0n) is 12.3. The van der Waals surface area contributed by atoms with Crippen molar-refractivity contribution in [2.24, 2.45) is 0 Å². The number of ether oxygens (including phenoxy) is 1. The maximum absolute atomic E-state index is 5.97. The van der Waals surface area contributed by atoms with Crippen LogP contribution in [0.2, 0.25) is 0 Å². The minimum Gasteiger partial charge on any atom is -0.494 e. The summed E-state index contributed by atoms with van der Waals surface area (Å²) < 4.78 is 10.9. The van der Waals surface area contributed by atoms with Crippen LogP contribution < -0.4 is 10.5 Å². The molecule has 2 rings (SSSR count). The first-order valence-corrected chi connectivity index (χ1v) is 7.15. The second kappa shape index (κ2) is 6.46. The van der Waals surface area contributed by atoms with Crippen molar-refractivity contribution in [1.29, 1.82) is 0 Å². The number of nitrogen functional groups attached to an aromatic ring is 1. The first kappa shape index (κ1) is 14.4. The molecule has 0 amide bonds. The number of anilines is 1. The molecule has 1 unspecified atom stereocenters. The first-order valence-electron chi connectivity index (χ1n) is 7.15. The van der Waals surface area contributed by atoms with Gasteiger partial charge in [0.05, 0.1) is 12.2 Å². The van der Waals surface area contributed by atoms with E-state index in [-0.39, 0.29) is 0 Å². The van der Waals surface area contributed by atoms with Gasteiger partial charge in [0.2, 0.25) is 0 Å². The number of benzene rings is 1. The molecule has 0 bridgehead atoms. The second-order valence-corrected chi connectivity index (χ2v) is 4.95. The van der Waals surface area contributed by atoms with Gasteiger partial charge in [-0.05, 0) is 31.0 Å². The van der Waals surface area contributed by atoms with E-state index in [2.05, 4.69) is 19.0 Å². The Morgan fingerprint density at radius 3 is 2.55 bits per heavy atom. The molecule has 0 radical (unpaired) electrons. The predicted octanol–water partition coefficient (Wildman–Crippen LogP) is 4.23. The fourth-order valence-electron chi connectivity index (χ4n) is 2.39. The van der Waals surface area contributed by atoms with Crippen LogP contribution in [-0.2, 0) is 0 Å². The molecule has 20 heavy (non-hydrogen) atoms.